The Bertz CT molecular complexity index is 429. The molecule has 0 saturated carbocycles. The molecule has 0 bridgehead atoms. The van der Waals surface area contributed by atoms with Crippen LogP contribution in [0.5, 0.6) is 0 Å². The van der Waals surface area contributed by atoms with Gasteiger partial charge in [0.15, 0.2) is 0 Å². The summed E-state index contributed by atoms with van der Waals surface area (Å²) in [5.41, 5.74) is 0. The first-order valence-corrected chi connectivity index (χ1v) is 14.1. The fourth-order valence-electron chi connectivity index (χ4n) is 3.91. The fraction of sp³-hybridized carbons (Fsp3) is 1.00. The quantitative estimate of drug-likeness (QED) is 0.138. The average Bonchev–Trinajstić information content (AvgIpc) is 2.66. The molecule has 0 radical (unpaired) electrons. The third-order valence-corrected chi connectivity index (χ3v) is 6.61. The van der Waals surface area contributed by atoms with Gasteiger partial charge in [-0.3, -0.25) is 0 Å². The van der Waals surface area contributed by atoms with Crippen LogP contribution in [0, 0.1) is 0 Å². The van der Waals surface area contributed by atoms with E-state index in [0.29, 0.717) is 6.42 Å². The van der Waals surface area contributed by atoms with Crippen molar-refractivity contribution >= 4 is 10.1 Å². The Morgan fingerprint density at radius 1 is 0.600 bits per heavy atom. The van der Waals surface area contributed by atoms with Gasteiger partial charge in [0.25, 0.3) is 0 Å². The zero-order valence-electron chi connectivity index (χ0n) is 20.2. The van der Waals surface area contributed by atoms with Gasteiger partial charge in [-0.1, -0.05) is 122 Å². The van der Waals surface area contributed by atoms with E-state index < -0.39 is 10.1 Å². The van der Waals surface area contributed by atoms with Crippen molar-refractivity contribution in [3.63, 3.8) is 0 Å². The second-order valence-electron chi connectivity index (χ2n) is 8.86. The van der Waals surface area contributed by atoms with Crippen molar-refractivity contribution in [3.05, 3.63) is 0 Å². The molecule has 6 heteroatoms. The molecule has 0 amide bonds. The summed E-state index contributed by atoms with van der Waals surface area (Å²) >= 11 is 0. The second-order valence-corrected chi connectivity index (χ2v) is 10.4. The normalized spacial score (nSPS) is 12.6. The maximum atomic E-state index is 10.5. The van der Waals surface area contributed by atoms with Gasteiger partial charge >= 0.3 is 51.4 Å². The fourth-order valence-corrected chi connectivity index (χ4v) is 4.47. The van der Waals surface area contributed by atoms with Crippen LogP contribution in [0.3, 0.4) is 0 Å². The first kappa shape index (κ1) is 33.7. The zero-order valence-corrected chi connectivity index (χ0v) is 24.2. The van der Waals surface area contributed by atoms with Crippen molar-refractivity contribution in [1.82, 2.24) is 0 Å². The second kappa shape index (κ2) is 25.1. The molecule has 0 fully saturated rings. The van der Waals surface area contributed by atoms with E-state index in [-0.39, 0.29) is 63.2 Å². The maximum Gasteiger partial charge on any atom is 1.00 e. The Kier molecular flexibility index (Phi) is 28.2. The third kappa shape index (κ3) is 29.5. The smallest absolute Gasteiger partial charge is 0.748 e. The summed E-state index contributed by atoms with van der Waals surface area (Å²) in [7, 11) is -4.05. The number of unbranched alkanes of at least 4 members (excludes halogenated alkanes) is 17. The van der Waals surface area contributed by atoms with E-state index in [1.807, 2.05) is 0 Å². The van der Waals surface area contributed by atoms with Gasteiger partial charge < -0.3 is 9.66 Å². The predicted octanol–water partition coefficient (Wildman–Crippen LogP) is 4.11. The van der Waals surface area contributed by atoms with Crippen LogP contribution < -0.4 is 51.4 Å². The number of aliphatic hydroxyl groups is 1. The monoisotopic (exact) mass is 472 g/mol. The van der Waals surface area contributed by atoms with Gasteiger partial charge in [-0.2, -0.15) is 0 Å². The molecule has 0 aromatic rings. The first-order chi connectivity index (χ1) is 14.0. The van der Waals surface area contributed by atoms with Gasteiger partial charge in [-0.25, -0.2) is 8.42 Å². The standard InChI is InChI=1S/C24H50O4S.K/c1-2-3-4-5-6-7-8-9-10-11-12-13-15-18-21-24(25)22-19-16-14-17-20-23-29(26,27)28;/h24-25H,2-23H2,1H3,(H,26,27,28);/q;+1/p-1. The van der Waals surface area contributed by atoms with Crippen molar-refractivity contribution in [3.8, 4) is 0 Å². The van der Waals surface area contributed by atoms with Crippen molar-refractivity contribution in [1.29, 1.82) is 0 Å². The Hall–Kier alpha value is 1.51. The summed E-state index contributed by atoms with van der Waals surface area (Å²) in [6, 6.07) is 0. The molecule has 1 unspecified atom stereocenters. The molecule has 176 valence electrons. The van der Waals surface area contributed by atoms with Crippen LogP contribution >= 0.6 is 0 Å². The van der Waals surface area contributed by atoms with Crippen LogP contribution in [0.25, 0.3) is 0 Å². The van der Waals surface area contributed by atoms with Gasteiger partial charge in [0.05, 0.1) is 16.2 Å². The van der Waals surface area contributed by atoms with Gasteiger partial charge in [-0.05, 0) is 19.3 Å². The van der Waals surface area contributed by atoms with E-state index in [0.717, 1.165) is 44.9 Å². The average molecular weight is 473 g/mol. The minimum Gasteiger partial charge on any atom is -0.748 e. The molecule has 4 nitrogen and oxygen atoms in total. The summed E-state index contributed by atoms with van der Waals surface area (Å²) < 4.78 is 31.5. The molecule has 0 rings (SSSR count). The van der Waals surface area contributed by atoms with Crippen molar-refractivity contribution < 1.29 is 69.5 Å². The molecule has 0 aliphatic rings. The third-order valence-electron chi connectivity index (χ3n) is 5.82. The summed E-state index contributed by atoms with van der Waals surface area (Å²) in [5.74, 6) is -0.241. The van der Waals surface area contributed by atoms with Gasteiger partial charge in [-0.15, -0.1) is 0 Å². The largest absolute Gasteiger partial charge is 1.00 e. The Labute approximate surface area is 230 Å². The number of hydrogen-bond donors (Lipinski definition) is 1. The van der Waals surface area contributed by atoms with E-state index >= 15 is 0 Å². The molecule has 0 heterocycles. The van der Waals surface area contributed by atoms with Gasteiger partial charge in [0.1, 0.15) is 0 Å². The minimum atomic E-state index is -4.05. The molecular weight excluding hydrogens is 423 g/mol. The molecule has 0 aromatic carbocycles. The topological polar surface area (TPSA) is 77.4 Å². The number of aliphatic hydroxyl groups excluding tert-OH is 1. The van der Waals surface area contributed by atoms with Crippen LogP contribution in [0.2, 0.25) is 0 Å². The summed E-state index contributed by atoms with van der Waals surface area (Å²) in [5, 5.41) is 10.0. The van der Waals surface area contributed by atoms with E-state index in [4.69, 9.17) is 0 Å². The van der Waals surface area contributed by atoms with E-state index in [9.17, 15) is 18.1 Å². The van der Waals surface area contributed by atoms with Crippen LogP contribution in [-0.2, 0) is 10.1 Å². The summed E-state index contributed by atoms with van der Waals surface area (Å²) in [6.45, 7) is 2.27. The van der Waals surface area contributed by atoms with Crippen molar-refractivity contribution in [2.45, 2.75) is 148 Å². The zero-order chi connectivity index (χ0) is 21.6. The van der Waals surface area contributed by atoms with Crippen LogP contribution in [0.15, 0.2) is 0 Å². The van der Waals surface area contributed by atoms with Gasteiger partial charge in [0, 0.05) is 5.75 Å². The number of rotatable bonds is 23. The van der Waals surface area contributed by atoms with Crippen LogP contribution in [-0.4, -0.2) is 29.9 Å². The first-order valence-electron chi connectivity index (χ1n) is 12.6. The van der Waals surface area contributed by atoms with Gasteiger partial charge in [0.2, 0.25) is 0 Å². The summed E-state index contributed by atoms with van der Waals surface area (Å²) in [4.78, 5) is 0. The molecule has 0 spiro atoms. The maximum absolute atomic E-state index is 10.5. The Morgan fingerprint density at radius 2 is 0.900 bits per heavy atom. The molecule has 0 saturated heterocycles. The van der Waals surface area contributed by atoms with E-state index in [1.165, 1.54) is 83.5 Å². The summed E-state index contributed by atoms with van der Waals surface area (Å²) in [6.07, 6.45) is 24.8. The minimum absolute atomic E-state index is 0. The van der Waals surface area contributed by atoms with Crippen molar-refractivity contribution in [2.75, 3.05) is 5.75 Å². The van der Waals surface area contributed by atoms with Crippen molar-refractivity contribution in [2.24, 2.45) is 0 Å². The molecule has 0 aromatic heterocycles. The molecule has 0 aliphatic carbocycles. The number of hydrogen-bond acceptors (Lipinski definition) is 4. The SMILES string of the molecule is CCCCCCCCCCCCCCCCC(O)CCCCCCCS(=O)(=O)[O-].[K+]. The Morgan fingerprint density at radius 3 is 1.23 bits per heavy atom. The van der Waals surface area contributed by atoms with Crippen LogP contribution in [0.1, 0.15) is 142 Å². The molecular formula is C24H49KO4S. The molecule has 0 aliphatic heterocycles. The Balaban J connectivity index is 0. The molecule has 1 atom stereocenters. The van der Waals surface area contributed by atoms with Crippen LogP contribution in [0.4, 0.5) is 0 Å². The molecule has 1 N–H and O–H groups in total. The van der Waals surface area contributed by atoms with E-state index in [2.05, 4.69) is 6.92 Å². The molecule has 30 heavy (non-hydrogen) atoms. The van der Waals surface area contributed by atoms with E-state index in [1.54, 1.807) is 0 Å². The predicted molar refractivity (Wildman–Crippen MR) is 123 cm³/mol.